The lowest BCUT2D eigenvalue weighted by atomic mass is 10.0. The molecule has 0 aliphatic carbocycles. The summed E-state index contributed by atoms with van der Waals surface area (Å²) in [5.74, 6) is -0.997. The highest BCUT2D eigenvalue weighted by Crippen LogP contribution is 2.27. The van der Waals surface area contributed by atoms with Crippen LogP contribution in [0, 0.1) is 5.92 Å². The molecule has 3 rings (SSSR count). The lowest BCUT2D eigenvalue weighted by Crippen LogP contribution is -2.47. The molecule has 2 aromatic carbocycles. The predicted octanol–water partition coefficient (Wildman–Crippen LogP) is 4.68. The second-order valence-electron chi connectivity index (χ2n) is 7.96. The summed E-state index contributed by atoms with van der Waals surface area (Å²) in [6, 6.07) is 13.6. The number of rotatable bonds is 8. The molecule has 3 amide bonds. The number of benzene rings is 2. The second kappa shape index (κ2) is 9.03. The fraction of sp³-hybridized carbons (Fsp3) is 0.375. The normalized spacial score (nSPS) is 14.3. The van der Waals surface area contributed by atoms with Crippen LogP contribution >= 0.6 is 0 Å². The van der Waals surface area contributed by atoms with Gasteiger partial charge in [0.05, 0.1) is 11.1 Å². The number of unbranched alkanes of at least 4 members (excludes halogenated alkanes) is 1. The highest BCUT2D eigenvalue weighted by molar-refractivity contribution is 6.23. The summed E-state index contributed by atoms with van der Waals surface area (Å²) in [4.78, 5) is 39.9. The standard InChI is InChI=1S/C24H28N2O3/c1-4-5-8-17-11-13-18(14-12-17)25-22(27)21(15-16(2)3)26-23(28)19-9-6-7-10-20(19)24(26)29/h6-7,9-14,16,21H,4-5,8,15H2,1-3H3,(H,25,27)/t21-/m1/s1. The van der Waals surface area contributed by atoms with Gasteiger partial charge >= 0.3 is 0 Å². The van der Waals surface area contributed by atoms with Crippen molar-refractivity contribution in [1.82, 2.24) is 4.90 Å². The van der Waals surface area contributed by atoms with E-state index in [1.54, 1.807) is 24.3 Å². The van der Waals surface area contributed by atoms with Gasteiger partial charge in [-0.1, -0.05) is 51.5 Å². The Bertz CT molecular complexity index is 868. The SMILES string of the molecule is CCCCc1ccc(NC(=O)[C@@H](CC(C)C)N2C(=O)c3ccccc3C2=O)cc1. The van der Waals surface area contributed by atoms with Crippen LogP contribution in [0.5, 0.6) is 0 Å². The van der Waals surface area contributed by atoms with Crippen molar-refractivity contribution in [2.75, 3.05) is 5.32 Å². The number of imide groups is 1. The molecular weight excluding hydrogens is 364 g/mol. The van der Waals surface area contributed by atoms with Crippen molar-refractivity contribution < 1.29 is 14.4 Å². The van der Waals surface area contributed by atoms with Crippen molar-refractivity contribution in [3.8, 4) is 0 Å². The van der Waals surface area contributed by atoms with E-state index in [1.165, 1.54) is 5.56 Å². The van der Waals surface area contributed by atoms with Crippen LogP contribution in [0.15, 0.2) is 48.5 Å². The number of anilines is 1. The minimum atomic E-state index is -0.845. The molecule has 0 fully saturated rings. The number of nitrogens with one attached hydrogen (secondary N) is 1. The van der Waals surface area contributed by atoms with Gasteiger partial charge in [0.2, 0.25) is 5.91 Å². The lowest BCUT2D eigenvalue weighted by molar-refractivity contribution is -0.120. The van der Waals surface area contributed by atoms with Crippen LogP contribution in [-0.4, -0.2) is 28.7 Å². The van der Waals surface area contributed by atoms with Gasteiger partial charge in [-0.2, -0.15) is 0 Å². The van der Waals surface area contributed by atoms with Gasteiger partial charge in [-0.15, -0.1) is 0 Å². The molecule has 1 N–H and O–H groups in total. The molecule has 1 atom stereocenters. The predicted molar refractivity (Wildman–Crippen MR) is 114 cm³/mol. The molecule has 29 heavy (non-hydrogen) atoms. The second-order valence-corrected chi connectivity index (χ2v) is 7.96. The van der Waals surface area contributed by atoms with Crippen molar-refractivity contribution in [2.24, 2.45) is 5.92 Å². The summed E-state index contributed by atoms with van der Waals surface area (Å²) in [6.45, 7) is 6.10. The number of aryl methyl sites for hydroxylation is 1. The molecule has 0 saturated heterocycles. The van der Waals surface area contributed by atoms with Gasteiger partial charge in [0.1, 0.15) is 6.04 Å². The summed E-state index contributed by atoms with van der Waals surface area (Å²) >= 11 is 0. The van der Waals surface area contributed by atoms with Crippen molar-refractivity contribution >= 4 is 23.4 Å². The molecule has 2 aromatic rings. The van der Waals surface area contributed by atoms with Crippen LogP contribution in [0.4, 0.5) is 5.69 Å². The minimum absolute atomic E-state index is 0.145. The van der Waals surface area contributed by atoms with Crippen molar-refractivity contribution in [1.29, 1.82) is 0 Å². The molecule has 152 valence electrons. The average Bonchev–Trinajstić information content (AvgIpc) is 2.96. The van der Waals surface area contributed by atoms with Gasteiger partial charge in [-0.3, -0.25) is 19.3 Å². The topological polar surface area (TPSA) is 66.5 Å². The number of carbonyl (C=O) groups is 3. The molecule has 1 aliphatic rings. The molecule has 5 heteroatoms. The van der Waals surface area contributed by atoms with Crippen LogP contribution in [0.2, 0.25) is 0 Å². The quantitative estimate of drug-likeness (QED) is 0.664. The van der Waals surface area contributed by atoms with E-state index < -0.39 is 17.9 Å². The summed E-state index contributed by atoms with van der Waals surface area (Å²) in [5.41, 5.74) is 2.61. The fourth-order valence-electron chi connectivity index (χ4n) is 3.63. The number of hydrogen-bond acceptors (Lipinski definition) is 3. The van der Waals surface area contributed by atoms with E-state index in [4.69, 9.17) is 0 Å². The Hall–Kier alpha value is -2.95. The molecule has 0 unspecified atom stereocenters. The third-order valence-electron chi connectivity index (χ3n) is 5.17. The van der Waals surface area contributed by atoms with Gasteiger partial charge in [0.15, 0.2) is 0 Å². The van der Waals surface area contributed by atoms with Crippen molar-refractivity contribution in [3.63, 3.8) is 0 Å². The molecule has 0 bridgehead atoms. The van der Waals surface area contributed by atoms with Crippen molar-refractivity contribution in [2.45, 2.75) is 52.5 Å². The Balaban J connectivity index is 1.79. The van der Waals surface area contributed by atoms with E-state index >= 15 is 0 Å². The maximum atomic E-state index is 13.1. The van der Waals surface area contributed by atoms with Crippen LogP contribution < -0.4 is 5.32 Å². The zero-order valence-corrected chi connectivity index (χ0v) is 17.3. The van der Waals surface area contributed by atoms with Gasteiger partial charge in [0, 0.05) is 5.69 Å². The maximum absolute atomic E-state index is 13.1. The monoisotopic (exact) mass is 392 g/mol. The van der Waals surface area contributed by atoms with E-state index in [2.05, 4.69) is 12.2 Å². The molecule has 0 aromatic heterocycles. The zero-order valence-electron chi connectivity index (χ0n) is 17.3. The molecule has 1 heterocycles. The van der Waals surface area contributed by atoms with E-state index in [-0.39, 0.29) is 11.8 Å². The number of nitrogens with zero attached hydrogens (tertiary/aromatic N) is 1. The Labute approximate surface area is 172 Å². The van der Waals surface area contributed by atoms with Crippen LogP contribution in [0.25, 0.3) is 0 Å². The largest absolute Gasteiger partial charge is 0.324 e. The van der Waals surface area contributed by atoms with Gasteiger partial charge in [0.25, 0.3) is 11.8 Å². The fourth-order valence-corrected chi connectivity index (χ4v) is 3.63. The maximum Gasteiger partial charge on any atom is 0.262 e. The molecule has 5 nitrogen and oxygen atoms in total. The Morgan fingerprint density at radius 1 is 0.966 bits per heavy atom. The number of amides is 3. The van der Waals surface area contributed by atoms with E-state index in [0.717, 1.165) is 24.2 Å². The van der Waals surface area contributed by atoms with Crippen LogP contribution in [0.3, 0.4) is 0 Å². The summed E-state index contributed by atoms with van der Waals surface area (Å²) in [5, 5.41) is 2.89. The first-order valence-corrected chi connectivity index (χ1v) is 10.3. The smallest absolute Gasteiger partial charge is 0.262 e. The van der Waals surface area contributed by atoms with Gasteiger partial charge < -0.3 is 5.32 Å². The van der Waals surface area contributed by atoms with Gasteiger partial charge in [-0.05, 0) is 55.0 Å². The van der Waals surface area contributed by atoms with E-state index in [9.17, 15) is 14.4 Å². The summed E-state index contributed by atoms with van der Waals surface area (Å²) in [6.07, 6.45) is 3.68. The molecule has 0 radical (unpaired) electrons. The zero-order chi connectivity index (χ0) is 21.0. The van der Waals surface area contributed by atoms with E-state index in [1.807, 2.05) is 38.1 Å². The number of hydrogen-bond donors (Lipinski definition) is 1. The summed E-state index contributed by atoms with van der Waals surface area (Å²) in [7, 11) is 0. The average molecular weight is 392 g/mol. The molecule has 0 saturated carbocycles. The Kier molecular flexibility index (Phi) is 6.47. The van der Waals surface area contributed by atoms with E-state index in [0.29, 0.717) is 23.2 Å². The minimum Gasteiger partial charge on any atom is -0.324 e. The first-order chi connectivity index (χ1) is 13.9. The molecular formula is C24H28N2O3. The first kappa shape index (κ1) is 20.8. The summed E-state index contributed by atoms with van der Waals surface area (Å²) < 4.78 is 0. The van der Waals surface area contributed by atoms with Crippen LogP contribution in [0.1, 0.15) is 66.3 Å². The Morgan fingerprint density at radius 3 is 2.07 bits per heavy atom. The van der Waals surface area contributed by atoms with Crippen LogP contribution in [-0.2, 0) is 11.2 Å². The number of carbonyl (C=O) groups excluding carboxylic acids is 3. The lowest BCUT2D eigenvalue weighted by Gasteiger charge is -2.26. The molecule has 1 aliphatic heterocycles. The highest BCUT2D eigenvalue weighted by atomic mass is 16.2. The first-order valence-electron chi connectivity index (χ1n) is 10.3. The Morgan fingerprint density at radius 2 is 1.55 bits per heavy atom. The highest BCUT2D eigenvalue weighted by Gasteiger charge is 2.42. The number of fused-ring (bicyclic) bond motifs is 1. The third-order valence-corrected chi connectivity index (χ3v) is 5.17. The third kappa shape index (κ3) is 4.56. The van der Waals surface area contributed by atoms with Crippen molar-refractivity contribution in [3.05, 3.63) is 65.2 Å². The van der Waals surface area contributed by atoms with Gasteiger partial charge in [-0.25, -0.2) is 0 Å². The molecule has 0 spiro atoms.